The molecular weight excluding hydrogens is 272 g/mol. The molecule has 0 saturated carbocycles. The van der Waals surface area contributed by atoms with Gasteiger partial charge in [-0.15, -0.1) is 0 Å². The summed E-state index contributed by atoms with van der Waals surface area (Å²) >= 11 is 1.25. The zero-order chi connectivity index (χ0) is 13.0. The number of rotatable bonds is 3. The van der Waals surface area contributed by atoms with Crippen molar-refractivity contribution < 1.29 is 13.2 Å². The van der Waals surface area contributed by atoms with E-state index in [-0.39, 0.29) is 4.90 Å². The van der Waals surface area contributed by atoms with Gasteiger partial charge in [0.2, 0.25) is 0 Å². The average Bonchev–Trinajstić information content (AvgIpc) is 2.83. The van der Waals surface area contributed by atoms with E-state index in [9.17, 15) is 13.2 Å². The van der Waals surface area contributed by atoms with Crippen LogP contribution in [0.3, 0.4) is 0 Å². The van der Waals surface area contributed by atoms with E-state index in [2.05, 4.69) is 5.32 Å². The van der Waals surface area contributed by atoms with Gasteiger partial charge in [0.25, 0.3) is 10.0 Å². The molecule has 0 atom stereocenters. The van der Waals surface area contributed by atoms with E-state index < -0.39 is 16.1 Å². The average molecular weight is 282 g/mol. The third-order valence-corrected chi connectivity index (χ3v) is 4.23. The molecule has 1 aromatic heterocycles. The van der Waals surface area contributed by atoms with E-state index in [1.54, 1.807) is 35.7 Å². The van der Waals surface area contributed by atoms with Crippen molar-refractivity contribution >= 4 is 33.1 Å². The minimum absolute atomic E-state index is 0.0794. The first kappa shape index (κ1) is 12.6. The van der Waals surface area contributed by atoms with Crippen molar-refractivity contribution in [2.45, 2.75) is 4.90 Å². The first-order valence-electron chi connectivity index (χ1n) is 4.99. The second-order valence-electron chi connectivity index (χ2n) is 3.38. The highest BCUT2D eigenvalue weighted by atomic mass is 32.2. The van der Waals surface area contributed by atoms with Gasteiger partial charge >= 0.3 is 6.03 Å². The smallest absolute Gasteiger partial charge is 0.307 e. The molecule has 1 heterocycles. The number of sulfonamides is 1. The van der Waals surface area contributed by atoms with Gasteiger partial charge in [0, 0.05) is 11.1 Å². The van der Waals surface area contributed by atoms with Gasteiger partial charge in [-0.1, -0.05) is 18.2 Å². The molecule has 0 aliphatic heterocycles. The first-order chi connectivity index (χ1) is 8.58. The molecule has 0 unspecified atom stereocenters. The summed E-state index contributed by atoms with van der Waals surface area (Å²) < 4.78 is 25.4. The summed E-state index contributed by atoms with van der Waals surface area (Å²) in [5, 5.41) is 5.52. The summed E-state index contributed by atoms with van der Waals surface area (Å²) in [6, 6.07) is 9.25. The second-order valence-corrected chi connectivity index (χ2v) is 5.85. The summed E-state index contributed by atoms with van der Waals surface area (Å²) in [5.74, 6) is 0. The summed E-state index contributed by atoms with van der Waals surface area (Å²) in [6.45, 7) is 0. The Hall–Kier alpha value is -1.86. The van der Waals surface area contributed by atoms with E-state index in [0.29, 0.717) is 5.69 Å². The van der Waals surface area contributed by atoms with Crippen LogP contribution in [0, 0.1) is 0 Å². The number of carbonyl (C=O) groups excluding carboxylic acids is 1. The second kappa shape index (κ2) is 5.19. The highest BCUT2D eigenvalue weighted by molar-refractivity contribution is 7.90. The molecule has 0 fully saturated rings. The predicted molar refractivity (Wildman–Crippen MR) is 70.1 cm³/mol. The van der Waals surface area contributed by atoms with Crippen molar-refractivity contribution in [3.63, 3.8) is 0 Å². The lowest BCUT2D eigenvalue weighted by molar-refractivity contribution is 0.256. The van der Waals surface area contributed by atoms with Crippen molar-refractivity contribution in [3.8, 4) is 0 Å². The zero-order valence-corrected chi connectivity index (χ0v) is 10.8. The van der Waals surface area contributed by atoms with Crippen LogP contribution >= 0.6 is 11.3 Å². The molecule has 2 rings (SSSR count). The van der Waals surface area contributed by atoms with Crippen LogP contribution in [0.4, 0.5) is 10.5 Å². The van der Waals surface area contributed by atoms with E-state index in [1.165, 1.54) is 22.8 Å². The highest BCUT2D eigenvalue weighted by Gasteiger charge is 2.17. The molecule has 0 spiro atoms. The Kier molecular flexibility index (Phi) is 3.63. The Balaban J connectivity index is 2.05. The van der Waals surface area contributed by atoms with Crippen molar-refractivity contribution in [2.75, 3.05) is 5.32 Å². The quantitative estimate of drug-likeness (QED) is 0.906. The van der Waals surface area contributed by atoms with Gasteiger partial charge in [0.1, 0.15) is 0 Å². The van der Waals surface area contributed by atoms with Crippen LogP contribution in [0.25, 0.3) is 0 Å². The Labute approximate surface area is 109 Å². The van der Waals surface area contributed by atoms with Crippen LogP contribution in [0.1, 0.15) is 0 Å². The number of amides is 2. The third kappa shape index (κ3) is 3.08. The van der Waals surface area contributed by atoms with Gasteiger partial charge in [-0.3, -0.25) is 0 Å². The lowest BCUT2D eigenvalue weighted by Gasteiger charge is -2.07. The normalized spacial score (nSPS) is 10.9. The molecule has 2 amide bonds. The molecule has 1 aromatic carbocycles. The van der Waals surface area contributed by atoms with Crippen LogP contribution in [0.15, 0.2) is 52.1 Å². The van der Waals surface area contributed by atoms with Crippen LogP contribution in [0.5, 0.6) is 0 Å². The predicted octanol–water partition coefficient (Wildman–Crippen LogP) is 2.26. The number of anilines is 1. The minimum Gasteiger partial charge on any atom is -0.307 e. The lowest BCUT2D eigenvalue weighted by atomic mass is 10.3. The highest BCUT2D eigenvalue weighted by Crippen LogP contribution is 2.13. The fourth-order valence-electron chi connectivity index (χ4n) is 1.26. The fraction of sp³-hybridized carbons (Fsp3) is 0. The monoisotopic (exact) mass is 282 g/mol. The molecule has 5 nitrogen and oxygen atoms in total. The minimum atomic E-state index is -3.79. The van der Waals surface area contributed by atoms with Crippen molar-refractivity contribution in [1.29, 1.82) is 0 Å². The maximum atomic E-state index is 11.7. The van der Waals surface area contributed by atoms with Crippen LogP contribution in [-0.4, -0.2) is 14.4 Å². The number of urea groups is 1. The number of hydrogen-bond donors (Lipinski definition) is 2. The molecule has 0 aliphatic carbocycles. The summed E-state index contributed by atoms with van der Waals surface area (Å²) in [4.78, 5) is 11.6. The maximum Gasteiger partial charge on any atom is 0.333 e. The third-order valence-electron chi connectivity index (χ3n) is 2.06. The number of hydrogen-bond acceptors (Lipinski definition) is 4. The molecule has 18 heavy (non-hydrogen) atoms. The molecular formula is C11H10N2O3S2. The topological polar surface area (TPSA) is 75.3 Å². The van der Waals surface area contributed by atoms with E-state index >= 15 is 0 Å². The zero-order valence-electron chi connectivity index (χ0n) is 9.16. The molecule has 2 aromatic rings. The molecule has 0 aliphatic rings. The Morgan fingerprint density at radius 2 is 1.83 bits per heavy atom. The molecule has 2 N–H and O–H groups in total. The number of thiophene rings is 1. The van der Waals surface area contributed by atoms with Gasteiger partial charge < -0.3 is 5.32 Å². The molecule has 0 saturated heterocycles. The van der Waals surface area contributed by atoms with Crippen LogP contribution < -0.4 is 10.0 Å². The lowest BCUT2D eigenvalue weighted by Crippen LogP contribution is -2.34. The fourth-order valence-corrected chi connectivity index (χ4v) is 3.20. The van der Waals surface area contributed by atoms with Gasteiger partial charge in [0.15, 0.2) is 0 Å². The number of para-hydroxylation sites is 1. The molecule has 0 bridgehead atoms. The molecule has 0 radical (unpaired) electrons. The largest absolute Gasteiger partial charge is 0.333 e. The number of benzene rings is 1. The maximum absolute atomic E-state index is 11.7. The number of carbonyl (C=O) groups is 1. The van der Waals surface area contributed by atoms with Crippen LogP contribution in [0.2, 0.25) is 0 Å². The van der Waals surface area contributed by atoms with Crippen molar-refractivity contribution in [1.82, 2.24) is 4.72 Å². The Bertz CT molecular complexity index is 622. The van der Waals surface area contributed by atoms with E-state index in [1.807, 2.05) is 4.72 Å². The Morgan fingerprint density at radius 1 is 1.11 bits per heavy atom. The molecule has 94 valence electrons. The van der Waals surface area contributed by atoms with Gasteiger partial charge in [0.05, 0.1) is 4.90 Å². The summed E-state index contributed by atoms with van der Waals surface area (Å²) in [7, 11) is -3.79. The van der Waals surface area contributed by atoms with Gasteiger partial charge in [-0.05, 0) is 23.6 Å². The van der Waals surface area contributed by atoms with Crippen molar-refractivity contribution in [2.24, 2.45) is 0 Å². The standard InChI is InChI=1S/C11H10N2O3S2/c14-11(12-9-4-2-1-3-5-9)13-18(15,16)10-6-7-17-8-10/h1-8H,(H2,12,13,14). The van der Waals surface area contributed by atoms with Crippen molar-refractivity contribution in [3.05, 3.63) is 47.2 Å². The SMILES string of the molecule is O=C(Nc1ccccc1)NS(=O)(=O)c1ccsc1. The summed E-state index contributed by atoms with van der Waals surface area (Å²) in [6.07, 6.45) is 0. The van der Waals surface area contributed by atoms with Gasteiger partial charge in [-0.2, -0.15) is 11.3 Å². The number of nitrogens with one attached hydrogen (secondary N) is 2. The van der Waals surface area contributed by atoms with Gasteiger partial charge in [-0.25, -0.2) is 17.9 Å². The van der Waals surface area contributed by atoms with Crippen LogP contribution in [-0.2, 0) is 10.0 Å². The summed E-state index contributed by atoms with van der Waals surface area (Å²) in [5.41, 5.74) is 0.524. The first-order valence-corrected chi connectivity index (χ1v) is 7.41. The molecule has 7 heteroatoms. The van der Waals surface area contributed by atoms with E-state index in [0.717, 1.165) is 0 Å². The van der Waals surface area contributed by atoms with E-state index in [4.69, 9.17) is 0 Å². The Morgan fingerprint density at radius 3 is 2.44 bits per heavy atom.